The number of hydrogen-bond donors (Lipinski definition) is 2. The molecular weight excluding hydrogens is 586 g/mol. The highest BCUT2D eigenvalue weighted by molar-refractivity contribution is 7.90. The Morgan fingerprint density at radius 1 is 1.00 bits per heavy atom. The molecule has 2 amide bonds. The maximum atomic E-state index is 13.5. The number of sulfone groups is 1. The average Bonchev–Trinajstić information content (AvgIpc) is 3.67. The summed E-state index contributed by atoms with van der Waals surface area (Å²) in [5.41, 5.74) is 2.59. The second-order valence-electron chi connectivity index (χ2n) is 11.9. The van der Waals surface area contributed by atoms with Crippen LogP contribution in [-0.4, -0.2) is 74.9 Å². The highest BCUT2D eigenvalue weighted by Gasteiger charge is 2.60. The van der Waals surface area contributed by atoms with E-state index in [1.807, 2.05) is 18.2 Å². The van der Waals surface area contributed by atoms with Crippen molar-refractivity contribution in [3.8, 4) is 0 Å². The molecular formula is C30H37ClF2N4O4S. The van der Waals surface area contributed by atoms with Crippen molar-refractivity contribution >= 4 is 38.9 Å². The van der Waals surface area contributed by atoms with Gasteiger partial charge in [0.25, 0.3) is 0 Å². The predicted octanol–water partition coefficient (Wildman–Crippen LogP) is 4.33. The Kier molecular flexibility index (Phi) is 8.83. The Morgan fingerprint density at radius 3 is 2.31 bits per heavy atom. The summed E-state index contributed by atoms with van der Waals surface area (Å²) in [6.07, 6.45) is 2.25. The molecule has 1 unspecified atom stereocenters. The standard InChI is InChI=1S/C30H37ClF2N4O4S/c1-42(40,41)24-5-2-21(3-6-24)18-34-26-7-4-23(31)16-22(26)20-36-12-14-37(15-13-36)27(38)19-35-28(39)25-17-29(25)8-10-30(32,33)11-9-29/h2-7,16,25,34H,8-15,17-20H2,1H3,(H,35,39). The first kappa shape index (κ1) is 30.7. The van der Waals surface area contributed by atoms with Crippen molar-refractivity contribution in [1.82, 2.24) is 15.1 Å². The van der Waals surface area contributed by atoms with Crippen LogP contribution in [0.5, 0.6) is 0 Å². The van der Waals surface area contributed by atoms with Crippen LogP contribution in [0.3, 0.4) is 0 Å². The summed E-state index contributed by atoms with van der Waals surface area (Å²) in [5, 5.41) is 6.80. The van der Waals surface area contributed by atoms with Gasteiger partial charge in [0.2, 0.25) is 17.7 Å². The summed E-state index contributed by atoms with van der Waals surface area (Å²) in [7, 11) is -3.25. The number of carbonyl (C=O) groups is 2. The SMILES string of the molecule is CS(=O)(=O)c1ccc(CNc2ccc(Cl)cc2CN2CCN(C(=O)CNC(=O)C3CC34CCC(F)(F)CC4)CC2)cc1. The maximum absolute atomic E-state index is 13.5. The van der Waals surface area contributed by atoms with Gasteiger partial charge in [-0.1, -0.05) is 23.7 Å². The van der Waals surface area contributed by atoms with E-state index in [4.69, 9.17) is 11.6 Å². The van der Waals surface area contributed by atoms with Crippen molar-refractivity contribution in [3.05, 3.63) is 58.6 Å². The summed E-state index contributed by atoms with van der Waals surface area (Å²) in [5.74, 6) is -3.21. The van der Waals surface area contributed by atoms with Crippen LogP contribution in [0.2, 0.25) is 5.02 Å². The molecule has 0 aromatic heterocycles. The molecule has 3 fully saturated rings. The number of carbonyl (C=O) groups excluding carboxylic acids is 2. The lowest BCUT2D eigenvalue weighted by molar-refractivity contribution is -0.135. The molecule has 1 heterocycles. The largest absolute Gasteiger partial charge is 0.381 e. The number of amides is 2. The number of alkyl halides is 2. The lowest BCUT2D eigenvalue weighted by atomic mass is 9.82. The second kappa shape index (κ2) is 12.1. The molecule has 12 heteroatoms. The summed E-state index contributed by atoms with van der Waals surface area (Å²) in [6, 6.07) is 12.4. The van der Waals surface area contributed by atoms with Gasteiger partial charge in [-0.05, 0) is 66.1 Å². The van der Waals surface area contributed by atoms with Crippen LogP contribution in [-0.2, 0) is 32.5 Å². The Balaban J connectivity index is 1.07. The molecule has 1 atom stereocenters. The molecule has 1 spiro atoms. The van der Waals surface area contributed by atoms with Gasteiger partial charge in [0.15, 0.2) is 9.84 Å². The minimum Gasteiger partial charge on any atom is -0.381 e. The lowest BCUT2D eigenvalue weighted by Crippen LogP contribution is -2.51. The van der Waals surface area contributed by atoms with E-state index in [1.54, 1.807) is 29.2 Å². The molecule has 2 saturated carbocycles. The van der Waals surface area contributed by atoms with Crippen molar-refractivity contribution < 1.29 is 26.8 Å². The van der Waals surface area contributed by atoms with Crippen LogP contribution in [0, 0.1) is 11.3 Å². The Hall–Kier alpha value is -2.76. The molecule has 2 aromatic carbocycles. The zero-order valence-corrected chi connectivity index (χ0v) is 25.2. The van der Waals surface area contributed by atoms with Crippen LogP contribution in [0.1, 0.15) is 43.2 Å². The summed E-state index contributed by atoms with van der Waals surface area (Å²) < 4.78 is 50.4. The smallest absolute Gasteiger partial charge is 0.248 e. The fourth-order valence-electron chi connectivity index (χ4n) is 6.10. The average molecular weight is 623 g/mol. The molecule has 0 radical (unpaired) electrons. The zero-order valence-electron chi connectivity index (χ0n) is 23.7. The first-order valence-electron chi connectivity index (χ1n) is 14.3. The van der Waals surface area contributed by atoms with Crippen molar-refractivity contribution in [1.29, 1.82) is 0 Å². The number of anilines is 1. The molecule has 2 N–H and O–H groups in total. The Bertz CT molecular complexity index is 1420. The molecule has 5 rings (SSSR count). The molecule has 0 bridgehead atoms. The third kappa shape index (κ3) is 7.41. The first-order chi connectivity index (χ1) is 19.8. The number of rotatable bonds is 9. The minimum absolute atomic E-state index is 0.0743. The van der Waals surface area contributed by atoms with Gasteiger partial charge in [0, 0.05) is 75.0 Å². The molecule has 8 nitrogen and oxygen atoms in total. The zero-order chi connectivity index (χ0) is 30.1. The van der Waals surface area contributed by atoms with E-state index in [0.717, 1.165) is 16.8 Å². The van der Waals surface area contributed by atoms with E-state index < -0.39 is 15.8 Å². The van der Waals surface area contributed by atoms with Crippen molar-refractivity contribution in [3.63, 3.8) is 0 Å². The lowest BCUT2D eigenvalue weighted by Gasteiger charge is -2.35. The highest BCUT2D eigenvalue weighted by Crippen LogP contribution is 2.63. The molecule has 2 aromatic rings. The number of nitrogens with zero attached hydrogens (tertiary/aromatic N) is 2. The van der Waals surface area contributed by atoms with E-state index >= 15 is 0 Å². The predicted molar refractivity (Wildman–Crippen MR) is 157 cm³/mol. The third-order valence-corrected chi connectivity index (χ3v) is 10.3. The van der Waals surface area contributed by atoms with Gasteiger partial charge >= 0.3 is 0 Å². The molecule has 1 saturated heterocycles. The summed E-state index contributed by atoms with van der Waals surface area (Å²) >= 11 is 6.30. The minimum atomic E-state index is -3.25. The van der Waals surface area contributed by atoms with Crippen LogP contribution < -0.4 is 10.6 Å². The van der Waals surface area contributed by atoms with E-state index in [1.165, 1.54) is 6.26 Å². The molecule has 42 heavy (non-hydrogen) atoms. The van der Waals surface area contributed by atoms with Crippen molar-refractivity contribution in [2.45, 2.75) is 56.0 Å². The van der Waals surface area contributed by atoms with Gasteiger partial charge in [-0.25, -0.2) is 17.2 Å². The molecule has 1 aliphatic heterocycles. The monoisotopic (exact) mass is 622 g/mol. The number of nitrogens with one attached hydrogen (secondary N) is 2. The number of piperazine rings is 1. The number of benzene rings is 2. The highest BCUT2D eigenvalue weighted by atomic mass is 35.5. The Morgan fingerprint density at radius 2 is 1.67 bits per heavy atom. The summed E-state index contributed by atoms with van der Waals surface area (Å²) in [6.45, 7) is 3.48. The van der Waals surface area contributed by atoms with Crippen LogP contribution in [0.15, 0.2) is 47.4 Å². The van der Waals surface area contributed by atoms with Crippen LogP contribution in [0.4, 0.5) is 14.5 Å². The third-order valence-electron chi connectivity index (χ3n) is 8.92. The van der Waals surface area contributed by atoms with Gasteiger partial charge in [-0.2, -0.15) is 0 Å². The topological polar surface area (TPSA) is 98.8 Å². The first-order valence-corrected chi connectivity index (χ1v) is 16.6. The van der Waals surface area contributed by atoms with Crippen LogP contribution >= 0.6 is 11.6 Å². The van der Waals surface area contributed by atoms with Gasteiger partial charge in [-0.3, -0.25) is 14.5 Å². The molecule has 3 aliphatic rings. The number of hydrogen-bond acceptors (Lipinski definition) is 6. The molecule has 2 aliphatic carbocycles. The van der Waals surface area contributed by atoms with Gasteiger partial charge < -0.3 is 15.5 Å². The van der Waals surface area contributed by atoms with Crippen LogP contribution in [0.25, 0.3) is 0 Å². The quantitative estimate of drug-likeness (QED) is 0.432. The van der Waals surface area contributed by atoms with Crippen molar-refractivity contribution in [2.75, 3.05) is 44.3 Å². The summed E-state index contributed by atoms with van der Waals surface area (Å²) in [4.78, 5) is 29.7. The maximum Gasteiger partial charge on any atom is 0.248 e. The fraction of sp³-hybridized carbons (Fsp3) is 0.533. The Labute approximate surface area is 250 Å². The van der Waals surface area contributed by atoms with E-state index in [2.05, 4.69) is 15.5 Å². The van der Waals surface area contributed by atoms with Gasteiger partial charge in [0.05, 0.1) is 11.4 Å². The number of halogens is 3. The fourth-order valence-corrected chi connectivity index (χ4v) is 6.92. The van der Waals surface area contributed by atoms with E-state index in [0.29, 0.717) is 63.6 Å². The van der Waals surface area contributed by atoms with Gasteiger partial charge in [0.1, 0.15) is 0 Å². The molecule has 228 valence electrons. The van der Waals surface area contributed by atoms with Crippen molar-refractivity contribution in [2.24, 2.45) is 11.3 Å². The van der Waals surface area contributed by atoms with E-state index in [-0.39, 0.29) is 47.4 Å². The van der Waals surface area contributed by atoms with Gasteiger partial charge in [-0.15, -0.1) is 0 Å². The van der Waals surface area contributed by atoms with E-state index in [9.17, 15) is 26.8 Å². The normalized spacial score (nSPS) is 21.6. The second-order valence-corrected chi connectivity index (χ2v) is 14.4.